The second kappa shape index (κ2) is 6.99. The molecule has 2 saturated heterocycles. The first-order valence-corrected chi connectivity index (χ1v) is 12.7. The molecular formula is C19H20BrNO4S2. The minimum Gasteiger partial charge on any atom is -0.223 e. The number of piperidine rings is 1. The smallest absolute Gasteiger partial charge is 0.223 e. The molecule has 2 aromatic rings. The number of halogens is 1. The van der Waals surface area contributed by atoms with Crippen LogP contribution in [0.15, 0.2) is 68.9 Å². The molecule has 0 aliphatic carbocycles. The number of benzene rings is 2. The van der Waals surface area contributed by atoms with Crippen molar-refractivity contribution in [2.24, 2.45) is 0 Å². The third-order valence-electron chi connectivity index (χ3n) is 5.53. The van der Waals surface area contributed by atoms with Crippen LogP contribution in [-0.2, 0) is 19.9 Å². The fourth-order valence-corrected chi connectivity index (χ4v) is 9.03. The van der Waals surface area contributed by atoms with Crippen LogP contribution < -0.4 is 0 Å². The fourth-order valence-electron chi connectivity index (χ4n) is 4.30. The zero-order chi connectivity index (χ0) is 19.2. The van der Waals surface area contributed by atoms with Gasteiger partial charge in [0.1, 0.15) is 0 Å². The highest BCUT2D eigenvalue weighted by Crippen LogP contribution is 2.43. The van der Waals surface area contributed by atoms with Gasteiger partial charge in [-0.25, -0.2) is 16.8 Å². The summed E-state index contributed by atoms with van der Waals surface area (Å²) < 4.78 is 54.6. The van der Waals surface area contributed by atoms with Crippen molar-refractivity contribution in [3.05, 3.63) is 59.1 Å². The van der Waals surface area contributed by atoms with Crippen LogP contribution >= 0.6 is 15.9 Å². The van der Waals surface area contributed by atoms with E-state index in [2.05, 4.69) is 15.9 Å². The van der Waals surface area contributed by atoms with Crippen molar-refractivity contribution in [2.75, 3.05) is 0 Å². The summed E-state index contributed by atoms with van der Waals surface area (Å²) in [5.74, 6) is 0. The number of rotatable bonds is 4. The maximum absolute atomic E-state index is 13.2. The van der Waals surface area contributed by atoms with Gasteiger partial charge < -0.3 is 0 Å². The molecule has 4 rings (SSSR count). The second-order valence-electron chi connectivity index (χ2n) is 7.10. The molecule has 144 valence electrons. The Morgan fingerprint density at radius 1 is 0.815 bits per heavy atom. The van der Waals surface area contributed by atoms with Crippen LogP contribution in [-0.4, -0.2) is 38.5 Å². The maximum Gasteiger partial charge on any atom is 0.244 e. The lowest BCUT2D eigenvalue weighted by molar-refractivity contribution is 0.249. The predicted molar refractivity (Wildman–Crippen MR) is 107 cm³/mol. The van der Waals surface area contributed by atoms with Crippen molar-refractivity contribution in [3.63, 3.8) is 0 Å². The standard InChI is InChI=1S/C19H20BrNO4S2/c20-18-8-4-5-9-19(18)27(24,25)21-14-10-11-15(21)13-17(12-14)26(22,23)16-6-2-1-3-7-16/h1-9,14-15,17H,10-13H2. The van der Waals surface area contributed by atoms with Crippen LogP contribution in [0.2, 0.25) is 0 Å². The number of sulfonamides is 1. The summed E-state index contributed by atoms with van der Waals surface area (Å²) in [6.45, 7) is 0. The average Bonchev–Trinajstić information content (AvgIpc) is 2.94. The Morgan fingerprint density at radius 3 is 1.96 bits per heavy atom. The van der Waals surface area contributed by atoms with Crippen molar-refractivity contribution in [3.8, 4) is 0 Å². The topological polar surface area (TPSA) is 71.5 Å². The first kappa shape index (κ1) is 19.1. The van der Waals surface area contributed by atoms with E-state index in [1.165, 1.54) is 0 Å². The normalized spacial score (nSPS) is 26.2. The monoisotopic (exact) mass is 469 g/mol. The van der Waals surface area contributed by atoms with Crippen LogP contribution in [0.25, 0.3) is 0 Å². The maximum atomic E-state index is 13.2. The molecule has 0 amide bonds. The number of hydrogen-bond acceptors (Lipinski definition) is 4. The number of fused-ring (bicyclic) bond motifs is 2. The van der Waals surface area contributed by atoms with Gasteiger partial charge >= 0.3 is 0 Å². The van der Waals surface area contributed by atoms with Gasteiger partial charge in [-0.15, -0.1) is 0 Å². The Bertz CT molecular complexity index is 1040. The van der Waals surface area contributed by atoms with Crippen LogP contribution in [0.4, 0.5) is 0 Å². The molecule has 2 fully saturated rings. The minimum absolute atomic E-state index is 0.242. The zero-order valence-corrected chi connectivity index (χ0v) is 17.8. The van der Waals surface area contributed by atoms with Crippen LogP contribution in [0.3, 0.4) is 0 Å². The van der Waals surface area contributed by atoms with Crippen molar-refractivity contribution >= 4 is 35.8 Å². The first-order chi connectivity index (χ1) is 12.8. The summed E-state index contributed by atoms with van der Waals surface area (Å²) in [4.78, 5) is 0.558. The first-order valence-electron chi connectivity index (χ1n) is 8.89. The minimum atomic E-state index is -3.67. The van der Waals surface area contributed by atoms with Crippen LogP contribution in [0.1, 0.15) is 25.7 Å². The summed E-state index contributed by atoms with van der Waals surface area (Å²) in [6.07, 6.45) is 2.10. The summed E-state index contributed by atoms with van der Waals surface area (Å²) >= 11 is 3.33. The molecule has 2 bridgehead atoms. The van der Waals surface area contributed by atoms with E-state index in [4.69, 9.17) is 0 Å². The van der Waals surface area contributed by atoms with Gasteiger partial charge in [-0.05, 0) is 65.9 Å². The predicted octanol–water partition coefficient (Wildman–Crippen LogP) is 3.61. The Balaban J connectivity index is 1.65. The van der Waals surface area contributed by atoms with E-state index in [9.17, 15) is 16.8 Å². The highest BCUT2D eigenvalue weighted by Gasteiger charge is 2.50. The zero-order valence-electron chi connectivity index (χ0n) is 14.5. The van der Waals surface area contributed by atoms with Gasteiger partial charge in [0.25, 0.3) is 0 Å². The number of sulfone groups is 1. The highest BCUT2D eigenvalue weighted by molar-refractivity contribution is 9.10. The van der Waals surface area contributed by atoms with Crippen molar-refractivity contribution < 1.29 is 16.8 Å². The van der Waals surface area contributed by atoms with E-state index in [0.29, 0.717) is 35.1 Å². The van der Waals surface area contributed by atoms with E-state index in [1.54, 1.807) is 58.9 Å². The molecule has 0 spiro atoms. The van der Waals surface area contributed by atoms with Crippen LogP contribution in [0, 0.1) is 0 Å². The number of nitrogens with zero attached hydrogens (tertiary/aromatic N) is 1. The van der Waals surface area contributed by atoms with Crippen molar-refractivity contribution in [1.29, 1.82) is 0 Å². The lowest BCUT2D eigenvalue weighted by atomic mass is 10.1. The van der Waals surface area contributed by atoms with Crippen LogP contribution in [0.5, 0.6) is 0 Å². The van der Waals surface area contributed by atoms with Gasteiger partial charge in [-0.1, -0.05) is 30.3 Å². The molecule has 5 nitrogen and oxygen atoms in total. The van der Waals surface area contributed by atoms with Gasteiger partial charge in [0.2, 0.25) is 10.0 Å². The SMILES string of the molecule is O=S(=O)(c1ccccc1)C1CC2CCC(C1)N2S(=O)(=O)c1ccccc1Br. The Hall–Kier alpha value is -1.22. The fraction of sp³-hybridized carbons (Fsp3) is 0.368. The Morgan fingerprint density at radius 2 is 1.37 bits per heavy atom. The molecule has 2 aromatic carbocycles. The molecule has 27 heavy (non-hydrogen) atoms. The largest absolute Gasteiger partial charge is 0.244 e. The third-order valence-corrected chi connectivity index (χ3v) is 10.7. The molecule has 2 heterocycles. The quantitative estimate of drug-likeness (QED) is 0.685. The highest BCUT2D eigenvalue weighted by atomic mass is 79.9. The molecule has 8 heteroatoms. The molecule has 0 radical (unpaired) electrons. The lowest BCUT2D eigenvalue weighted by Gasteiger charge is -2.37. The Kier molecular flexibility index (Phi) is 4.95. The number of hydrogen-bond donors (Lipinski definition) is 0. The van der Waals surface area contributed by atoms with E-state index < -0.39 is 25.1 Å². The molecule has 2 unspecified atom stereocenters. The molecule has 2 aliphatic rings. The van der Waals surface area contributed by atoms with E-state index in [0.717, 1.165) is 0 Å². The van der Waals surface area contributed by atoms with Gasteiger partial charge in [0.15, 0.2) is 9.84 Å². The third kappa shape index (κ3) is 3.26. The summed E-state index contributed by atoms with van der Waals surface area (Å²) in [5, 5.41) is -0.539. The molecule has 0 aromatic heterocycles. The Labute approximate surface area is 168 Å². The summed E-state index contributed by atoms with van der Waals surface area (Å²) in [7, 11) is -7.13. The van der Waals surface area contributed by atoms with E-state index in [-0.39, 0.29) is 17.0 Å². The molecule has 2 aliphatic heterocycles. The van der Waals surface area contributed by atoms with E-state index in [1.807, 2.05) is 0 Å². The van der Waals surface area contributed by atoms with Gasteiger partial charge in [-0.3, -0.25) is 0 Å². The van der Waals surface area contributed by atoms with E-state index >= 15 is 0 Å². The lowest BCUT2D eigenvalue weighted by Crippen LogP contribution is -2.49. The van der Waals surface area contributed by atoms with Gasteiger partial charge in [0.05, 0.1) is 15.0 Å². The van der Waals surface area contributed by atoms with Gasteiger partial charge in [-0.2, -0.15) is 4.31 Å². The average molecular weight is 470 g/mol. The molecule has 2 atom stereocenters. The molecular weight excluding hydrogens is 450 g/mol. The second-order valence-corrected chi connectivity index (χ2v) is 12.0. The molecule has 0 N–H and O–H groups in total. The van der Waals surface area contributed by atoms with Crippen molar-refractivity contribution in [2.45, 2.75) is 52.8 Å². The van der Waals surface area contributed by atoms with Crippen molar-refractivity contribution in [1.82, 2.24) is 4.31 Å². The summed E-state index contributed by atoms with van der Waals surface area (Å²) in [6, 6.07) is 14.7. The van der Waals surface area contributed by atoms with Gasteiger partial charge in [0, 0.05) is 16.6 Å². The summed E-state index contributed by atoms with van der Waals surface area (Å²) in [5.41, 5.74) is 0. The molecule has 0 saturated carbocycles.